The third-order valence-electron chi connectivity index (χ3n) is 1.84. The molecule has 0 saturated carbocycles. The van der Waals surface area contributed by atoms with Crippen LogP contribution in [0.2, 0.25) is 0 Å². The summed E-state index contributed by atoms with van der Waals surface area (Å²) >= 11 is 0. The van der Waals surface area contributed by atoms with Crippen molar-refractivity contribution in [2.45, 2.75) is 33.6 Å². The Morgan fingerprint density at radius 3 is 2.31 bits per heavy atom. The summed E-state index contributed by atoms with van der Waals surface area (Å²) in [5, 5.41) is 0. The van der Waals surface area contributed by atoms with E-state index in [-0.39, 0.29) is 5.56 Å². The van der Waals surface area contributed by atoms with Gasteiger partial charge in [0.1, 0.15) is 5.82 Å². The van der Waals surface area contributed by atoms with E-state index in [0.29, 0.717) is 0 Å². The molecule has 0 fully saturated rings. The van der Waals surface area contributed by atoms with Crippen molar-refractivity contribution in [3.05, 3.63) is 35.1 Å². The number of methoxy groups -OCH3 is 1. The topological polar surface area (TPSA) is 26.3 Å². The van der Waals surface area contributed by atoms with Crippen molar-refractivity contribution in [2.24, 2.45) is 0 Å². The van der Waals surface area contributed by atoms with Gasteiger partial charge in [-0.25, -0.2) is 9.18 Å². The van der Waals surface area contributed by atoms with Crippen molar-refractivity contribution in [3.8, 4) is 0 Å². The fourth-order valence-corrected chi connectivity index (χ4v) is 1.06. The number of halogens is 1. The van der Waals surface area contributed by atoms with Gasteiger partial charge in [-0.15, -0.1) is 0 Å². The lowest BCUT2D eigenvalue weighted by Gasteiger charge is -2.02. The molecule has 0 bridgehead atoms. The van der Waals surface area contributed by atoms with Gasteiger partial charge in [-0.05, 0) is 24.1 Å². The first kappa shape index (κ1) is 14.6. The quantitative estimate of drug-likeness (QED) is 0.720. The van der Waals surface area contributed by atoms with Crippen molar-refractivity contribution in [1.29, 1.82) is 0 Å². The maximum absolute atomic E-state index is 13.0. The number of benzene rings is 1. The Kier molecular flexibility index (Phi) is 7.18. The minimum atomic E-state index is -0.632. The minimum absolute atomic E-state index is 0.00171. The fourth-order valence-electron chi connectivity index (χ4n) is 1.06. The van der Waals surface area contributed by atoms with E-state index in [1.807, 2.05) is 6.92 Å². The highest BCUT2D eigenvalue weighted by atomic mass is 19.1. The van der Waals surface area contributed by atoms with E-state index in [9.17, 15) is 9.18 Å². The maximum atomic E-state index is 13.0. The van der Waals surface area contributed by atoms with Crippen LogP contribution >= 0.6 is 0 Å². The van der Waals surface area contributed by atoms with Crippen molar-refractivity contribution >= 4 is 5.97 Å². The number of carbonyl (C=O) groups is 1. The molecule has 0 aliphatic rings. The van der Waals surface area contributed by atoms with Crippen molar-refractivity contribution in [3.63, 3.8) is 0 Å². The predicted molar refractivity (Wildman–Crippen MR) is 63.1 cm³/mol. The zero-order valence-corrected chi connectivity index (χ0v) is 10.3. The van der Waals surface area contributed by atoms with Gasteiger partial charge >= 0.3 is 5.97 Å². The number of carbonyl (C=O) groups excluding carboxylic acids is 1. The molecule has 2 nitrogen and oxygen atoms in total. The average Bonchev–Trinajstić information content (AvgIpc) is 2.30. The minimum Gasteiger partial charge on any atom is -0.465 e. The van der Waals surface area contributed by atoms with Crippen LogP contribution < -0.4 is 0 Å². The lowest BCUT2D eigenvalue weighted by Crippen LogP contribution is -2.04. The van der Waals surface area contributed by atoms with E-state index in [1.165, 1.54) is 25.7 Å². The zero-order chi connectivity index (χ0) is 12.6. The fraction of sp³-hybridized carbons (Fsp3) is 0.462. The van der Waals surface area contributed by atoms with Crippen molar-refractivity contribution in [1.82, 2.24) is 0 Å². The number of aryl methyl sites for hydroxylation is 1. The van der Waals surface area contributed by atoms with Gasteiger partial charge in [0, 0.05) is 0 Å². The van der Waals surface area contributed by atoms with E-state index in [0.717, 1.165) is 12.0 Å². The smallest absolute Gasteiger partial charge is 0.340 e. The van der Waals surface area contributed by atoms with Crippen molar-refractivity contribution < 1.29 is 13.9 Å². The summed E-state index contributed by atoms with van der Waals surface area (Å²) < 4.78 is 17.5. The van der Waals surface area contributed by atoms with E-state index < -0.39 is 11.8 Å². The summed E-state index contributed by atoms with van der Waals surface area (Å²) in [4.78, 5) is 11.0. The van der Waals surface area contributed by atoms with E-state index in [2.05, 4.69) is 18.6 Å². The molecule has 1 aromatic carbocycles. The highest BCUT2D eigenvalue weighted by Gasteiger charge is 2.11. The lowest BCUT2D eigenvalue weighted by atomic mass is 10.1. The highest BCUT2D eigenvalue weighted by Crippen LogP contribution is 2.11. The number of esters is 1. The normalized spacial score (nSPS) is 9.06. The number of hydrogen-bond donors (Lipinski definition) is 0. The second-order valence-electron chi connectivity index (χ2n) is 3.37. The Morgan fingerprint density at radius 2 is 1.88 bits per heavy atom. The summed E-state index contributed by atoms with van der Waals surface area (Å²) in [6.45, 7) is 6.19. The van der Waals surface area contributed by atoms with Crippen LogP contribution in [-0.2, 0) is 11.2 Å². The molecule has 0 saturated heterocycles. The van der Waals surface area contributed by atoms with Gasteiger partial charge in [0.15, 0.2) is 0 Å². The third-order valence-corrected chi connectivity index (χ3v) is 1.84. The first-order valence-electron chi connectivity index (χ1n) is 5.47. The molecule has 1 rings (SSSR count). The summed E-state index contributed by atoms with van der Waals surface area (Å²) in [5.41, 5.74) is 0.920. The second-order valence-corrected chi connectivity index (χ2v) is 3.37. The molecule has 0 aliphatic carbocycles. The number of hydrogen-bond acceptors (Lipinski definition) is 2. The Morgan fingerprint density at radius 1 is 1.31 bits per heavy atom. The van der Waals surface area contributed by atoms with Crippen LogP contribution in [0.25, 0.3) is 0 Å². The van der Waals surface area contributed by atoms with Crippen LogP contribution in [0.15, 0.2) is 18.2 Å². The van der Waals surface area contributed by atoms with Gasteiger partial charge in [-0.1, -0.05) is 33.3 Å². The molecule has 0 heterocycles. The van der Waals surface area contributed by atoms with E-state index in [4.69, 9.17) is 0 Å². The molecule has 1 aromatic rings. The largest absolute Gasteiger partial charge is 0.465 e. The van der Waals surface area contributed by atoms with E-state index >= 15 is 0 Å². The van der Waals surface area contributed by atoms with Gasteiger partial charge in [-0.2, -0.15) is 0 Å². The summed E-state index contributed by atoms with van der Waals surface area (Å²) in [5.74, 6) is -1.17. The van der Waals surface area contributed by atoms with E-state index in [1.54, 1.807) is 6.07 Å². The lowest BCUT2D eigenvalue weighted by molar-refractivity contribution is 0.0595. The van der Waals surface area contributed by atoms with Gasteiger partial charge in [0.05, 0.1) is 12.7 Å². The Bertz CT molecular complexity index is 335. The number of rotatable bonds is 2. The third kappa shape index (κ3) is 4.43. The Hall–Kier alpha value is -1.38. The molecule has 0 amide bonds. The van der Waals surface area contributed by atoms with Crippen molar-refractivity contribution in [2.75, 3.05) is 7.11 Å². The molecule has 0 aromatic heterocycles. The average molecular weight is 226 g/mol. The molecule has 0 unspecified atom stereocenters. The molecule has 0 N–H and O–H groups in total. The predicted octanol–water partition coefficient (Wildman–Crippen LogP) is 3.59. The van der Waals surface area contributed by atoms with Gasteiger partial charge in [0.25, 0.3) is 0 Å². The number of ether oxygens (including phenoxy) is 1. The molecular formula is C13H19FO2. The van der Waals surface area contributed by atoms with Crippen LogP contribution in [-0.4, -0.2) is 13.1 Å². The van der Waals surface area contributed by atoms with Crippen LogP contribution in [0.3, 0.4) is 0 Å². The van der Waals surface area contributed by atoms with Gasteiger partial charge in [0.2, 0.25) is 0 Å². The molecule has 90 valence electrons. The molecule has 0 spiro atoms. The maximum Gasteiger partial charge on any atom is 0.340 e. The first-order chi connectivity index (χ1) is 7.60. The molecule has 0 atom stereocenters. The molecule has 3 heteroatoms. The summed E-state index contributed by atoms with van der Waals surface area (Å²) in [6, 6.07) is 4.45. The van der Waals surface area contributed by atoms with Crippen LogP contribution in [0.5, 0.6) is 0 Å². The second kappa shape index (κ2) is 7.85. The SMILES string of the molecule is CCC.CCc1ccc(F)c(C(=O)OC)c1. The monoisotopic (exact) mass is 226 g/mol. The van der Waals surface area contributed by atoms with Crippen LogP contribution in [0.4, 0.5) is 4.39 Å². The molecule has 0 radical (unpaired) electrons. The Balaban J connectivity index is 0.000000673. The molecular weight excluding hydrogens is 207 g/mol. The highest BCUT2D eigenvalue weighted by molar-refractivity contribution is 5.89. The zero-order valence-electron chi connectivity index (χ0n) is 10.3. The summed E-state index contributed by atoms with van der Waals surface area (Å²) in [7, 11) is 1.24. The van der Waals surface area contributed by atoms with Gasteiger partial charge < -0.3 is 4.74 Å². The summed E-state index contributed by atoms with van der Waals surface area (Å²) in [6.07, 6.45) is 2.02. The Labute approximate surface area is 96.4 Å². The molecule has 16 heavy (non-hydrogen) atoms. The van der Waals surface area contributed by atoms with Crippen LogP contribution in [0.1, 0.15) is 43.1 Å². The van der Waals surface area contributed by atoms with Crippen LogP contribution in [0, 0.1) is 5.82 Å². The standard InChI is InChI=1S/C10H11FO2.C3H8/c1-3-7-4-5-9(11)8(6-7)10(12)13-2;1-3-2/h4-6H,3H2,1-2H3;3H2,1-2H3. The first-order valence-corrected chi connectivity index (χ1v) is 5.47. The molecule has 0 aliphatic heterocycles. The van der Waals surface area contributed by atoms with Gasteiger partial charge in [-0.3, -0.25) is 0 Å².